The minimum atomic E-state index is -4.40. The highest BCUT2D eigenvalue weighted by Gasteiger charge is 2.26. The summed E-state index contributed by atoms with van der Waals surface area (Å²) < 4.78 is 35.2. The zero-order valence-corrected chi connectivity index (χ0v) is 8.92. The molecule has 0 heterocycles. The van der Waals surface area contributed by atoms with E-state index in [2.05, 4.69) is 4.74 Å². The summed E-state index contributed by atoms with van der Waals surface area (Å²) in [5, 5.41) is 6.88. The molecule has 0 aliphatic heterocycles. The number of hydrogen-bond donors (Lipinski definition) is 2. The Morgan fingerprint density at radius 3 is 2.31 bits per heavy atom. The highest BCUT2D eigenvalue weighted by Crippen LogP contribution is 2.21. The Bertz CT molecular complexity index is 452. The predicted molar refractivity (Wildman–Crippen MR) is 54.7 cm³/mol. The fourth-order valence-corrected chi connectivity index (χ4v) is 1.91. The van der Waals surface area contributed by atoms with Crippen LogP contribution in [-0.4, -0.2) is 30.8 Å². The van der Waals surface area contributed by atoms with Crippen molar-refractivity contribution in [1.29, 1.82) is 0 Å². The number of ether oxygens (including phenoxy) is 1. The SMILES string of the molecule is O=C(O)OCC(c1ccccc1)S(=O)(=O)O. The molecule has 0 fully saturated rings. The average Bonchev–Trinajstić information content (AvgIpc) is 2.17. The van der Waals surface area contributed by atoms with E-state index in [1.165, 1.54) is 12.1 Å². The normalized spacial score (nSPS) is 13.1. The summed E-state index contributed by atoms with van der Waals surface area (Å²) in [7, 11) is -4.40. The van der Waals surface area contributed by atoms with E-state index < -0.39 is 28.1 Å². The highest BCUT2D eigenvalue weighted by molar-refractivity contribution is 7.86. The number of rotatable bonds is 4. The van der Waals surface area contributed by atoms with E-state index in [1.54, 1.807) is 18.2 Å². The lowest BCUT2D eigenvalue weighted by atomic mass is 10.1. The minimum Gasteiger partial charge on any atom is -0.450 e. The van der Waals surface area contributed by atoms with E-state index in [-0.39, 0.29) is 5.56 Å². The third-order valence-corrected chi connectivity index (χ3v) is 3.02. The van der Waals surface area contributed by atoms with Gasteiger partial charge in [0.25, 0.3) is 10.1 Å². The molecule has 2 N–H and O–H groups in total. The summed E-state index contributed by atoms with van der Waals surface area (Å²) in [4.78, 5) is 10.2. The van der Waals surface area contributed by atoms with Crippen molar-refractivity contribution in [2.24, 2.45) is 0 Å². The molecule has 0 spiro atoms. The predicted octanol–water partition coefficient (Wildman–Crippen LogP) is 1.31. The smallest absolute Gasteiger partial charge is 0.450 e. The summed E-state index contributed by atoms with van der Waals surface area (Å²) >= 11 is 0. The van der Waals surface area contributed by atoms with Crippen molar-refractivity contribution >= 4 is 16.3 Å². The zero-order chi connectivity index (χ0) is 12.2. The molecule has 1 aromatic rings. The first kappa shape index (κ1) is 12.5. The Labute approximate surface area is 92.2 Å². The quantitative estimate of drug-likeness (QED) is 0.613. The Kier molecular flexibility index (Phi) is 3.86. The maximum absolute atomic E-state index is 11.0. The van der Waals surface area contributed by atoms with Gasteiger partial charge in [-0.1, -0.05) is 30.3 Å². The van der Waals surface area contributed by atoms with Gasteiger partial charge < -0.3 is 9.84 Å². The number of carboxylic acid groups (broad SMARTS) is 1. The van der Waals surface area contributed by atoms with Gasteiger partial charge in [0, 0.05) is 0 Å². The van der Waals surface area contributed by atoms with Crippen LogP contribution in [0.2, 0.25) is 0 Å². The lowest BCUT2D eigenvalue weighted by molar-refractivity contribution is 0.0910. The highest BCUT2D eigenvalue weighted by atomic mass is 32.2. The summed E-state index contributed by atoms with van der Waals surface area (Å²) in [6.45, 7) is -0.641. The number of benzene rings is 1. The molecule has 1 atom stereocenters. The second-order valence-electron chi connectivity index (χ2n) is 2.99. The van der Waals surface area contributed by atoms with Crippen LogP contribution in [0.5, 0.6) is 0 Å². The Hall–Kier alpha value is -1.60. The number of hydrogen-bond acceptors (Lipinski definition) is 4. The van der Waals surface area contributed by atoms with Gasteiger partial charge in [-0.15, -0.1) is 0 Å². The lowest BCUT2D eigenvalue weighted by Gasteiger charge is -2.12. The largest absolute Gasteiger partial charge is 0.505 e. The fraction of sp³-hybridized carbons (Fsp3) is 0.222. The van der Waals surface area contributed by atoms with Crippen LogP contribution in [0.1, 0.15) is 10.8 Å². The van der Waals surface area contributed by atoms with Gasteiger partial charge in [-0.2, -0.15) is 8.42 Å². The van der Waals surface area contributed by atoms with E-state index >= 15 is 0 Å². The van der Waals surface area contributed by atoms with Crippen LogP contribution in [0.4, 0.5) is 4.79 Å². The summed E-state index contributed by atoms with van der Waals surface area (Å²) in [6.07, 6.45) is -1.59. The van der Waals surface area contributed by atoms with Crippen LogP contribution in [0.15, 0.2) is 30.3 Å². The monoisotopic (exact) mass is 246 g/mol. The van der Waals surface area contributed by atoms with Gasteiger partial charge in [0.1, 0.15) is 11.9 Å². The Morgan fingerprint density at radius 1 is 1.31 bits per heavy atom. The maximum atomic E-state index is 11.0. The van der Waals surface area contributed by atoms with Crippen LogP contribution in [0.3, 0.4) is 0 Å². The molecular weight excluding hydrogens is 236 g/mol. The molecular formula is C9H10O6S. The standard InChI is InChI=1S/C9H10O6S/c10-9(11)15-6-8(16(12,13)14)7-4-2-1-3-5-7/h1-5,8H,6H2,(H,10,11)(H,12,13,14). The molecule has 1 rings (SSSR count). The zero-order valence-electron chi connectivity index (χ0n) is 8.11. The average molecular weight is 246 g/mol. The molecule has 1 unspecified atom stereocenters. The van der Waals surface area contributed by atoms with Gasteiger partial charge in [0.15, 0.2) is 0 Å². The van der Waals surface area contributed by atoms with Gasteiger partial charge >= 0.3 is 6.16 Å². The van der Waals surface area contributed by atoms with Crippen LogP contribution in [0, 0.1) is 0 Å². The first-order valence-electron chi connectivity index (χ1n) is 4.28. The second kappa shape index (κ2) is 4.95. The first-order valence-corrected chi connectivity index (χ1v) is 5.78. The molecule has 1 aromatic carbocycles. The molecule has 7 heteroatoms. The van der Waals surface area contributed by atoms with Crippen molar-refractivity contribution in [1.82, 2.24) is 0 Å². The van der Waals surface area contributed by atoms with E-state index in [1.807, 2.05) is 0 Å². The molecule has 16 heavy (non-hydrogen) atoms. The minimum absolute atomic E-state index is 0.270. The summed E-state index contributed by atoms with van der Waals surface area (Å²) in [5.74, 6) is 0. The van der Waals surface area contributed by atoms with Crippen molar-refractivity contribution in [2.75, 3.05) is 6.61 Å². The van der Waals surface area contributed by atoms with E-state index in [0.717, 1.165) is 0 Å². The molecule has 0 radical (unpaired) electrons. The molecule has 88 valence electrons. The maximum Gasteiger partial charge on any atom is 0.505 e. The van der Waals surface area contributed by atoms with E-state index in [4.69, 9.17) is 9.66 Å². The molecule has 0 aromatic heterocycles. The summed E-state index contributed by atoms with van der Waals surface area (Å²) in [5.41, 5.74) is 0.270. The molecule has 0 aliphatic carbocycles. The van der Waals surface area contributed by atoms with Gasteiger partial charge in [0.2, 0.25) is 0 Å². The van der Waals surface area contributed by atoms with Crippen LogP contribution >= 0.6 is 0 Å². The second-order valence-corrected chi connectivity index (χ2v) is 4.59. The molecule has 0 aliphatic rings. The molecule has 0 bridgehead atoms. The van der Waals surface area contributed by atoms with E-state index in [0.29, 0.717) is 0 Å². The van der Waals surface area contributed by atoms with Crippen LogP contribution in [0.25, 0.3) is 0 Å². The first-order chi connectivity index (χ1) is 7.41. The van der Waals surface area contributed by atoms with Gasteiger partial charge in [0.05, 0.1) is 0 Å². The van der Waals surface area contributed by atoms with Crippen LogP contribution in [-0.2, 0) is 14.9 Å². The van der Waals surface area contributed by atoms with Crippen molar-refractivity contribution in [3.63, 3.8) is 0 Å². The summed E-state index contributed by atoms with van der Waals surface area (Å²) in [6, 6.07) is 7.75. The lowest BCUT2D eigenvalue weighted by Crippen LogP contribution is -2.19. The third-order valence-electron chi connectivity index (χ3n) is 1.89. The van der Waals surface area contributed by atoms with Gasteiger partial charge in [-0.3, -0.25) is 4.55 Å². The molecule has 0 amide bonds. The van der Waals surface area contributed by atoms with Gasteiger partial charge in [-0.05, 0) is 5.56 Å². The van der Waals surface area contributed by atoms with Crippen LogP contribution < -0.4 is 0 Å². The molecule has 0 saturated heterocycles. The molecule has 6 nitrogen and oxygen atoms in total. The van der Waals surface area contributed by atoms with Gasteiger partial charge in [-0.25, -0.2) is 4.79 Å². The van der Waals surface area contributed by atoms with Crippen molar-refractivity contribution in [3.05, 3.63) is 35.9 Å². The molecule has 0 saturated carbocycles. The van der Waals surface area contributed by atoms with Crippen molar-refractivity contribution in [3.8, 4) is 0 Å². The Morgan fingerprint density at radius 2 is 1.88 bits per heavy atom. The van der Waals surface area contributed by atoms with E-state index in [9.17, 15) is 13.2 Å². The fourth-order valence-electron chi connectivity index (χ4n) is 1.17. The van der Waals surface area contributed by atoms with Crippen molar-refractivity contribution in [2.45, 2.75) is 5.25 Å². The third kappa shape index (κ3) is 3.52. The number of carbonyl (C=O) groups is 1. The topological polar surface area (TPSA) is 101 Å². The van der Waals surface area contributed by atoms with Crippen molar-refractivity contribution < 1.29 is 27.6 Å². The Balaban J connectivity index is 2.94.